The molecule has 0 saturated carbocycles. The fourth-order valence-corrected chi connectivity index (χ4v) is 1.47. The Hall–Kier alpha value is -0.820. The highest BCUT2D eigenvalue weighted by molar-refractivity contribution is 5.75. The van der Waals surface area contributed by atoms with Crippen molar-refractivity contribution in [2.24, 2.45) is 17.1 Å². The van der Waals surface area contributed by atoms with Crippen molar-refractivity contribution in [2.45, 2.75) is 33.0 Å². The number of hydrogen-bond acceptors (Lipinski definition) is 4. The van der Waals surface area contributed by atoms with E-state index in [1.807, 2.05) is 0 Å². The molecule has 0 aliphatic carbocycles. The highest BCUT2D eigenvalue weighted by Crippen LogP contribution is 2.33. The number of hydrogen-bond donors (Lipinski definition) is 1. The van der Waals surface area contributed by atoms with Crippen molar-refractivity contribution in [1.82, 2.24) is 5.06 Å². The Bertz CT molecular complexity index is 299. The molecule has 1 aliphatic heterocycles. The number of halogens is 3. The first-order valence-corrected chi connectivity index (χ1v) is 5.31. The first-order chi connectivity index (χ1) is 7.51. The van der Waals surface area contributed by atoms with Crippen LogP contribution in [0.4, 0.5) is 13.2 Å². The minimum atomic E-state index is -4.36. The van der Waals surface area contributed by atoms with E-state index in [1.54, 1.807) is 20.8 Å². The van der Waals surface area contributed by atoms with E-state index in [0.717, 1.165) is 5.06 Å². The molecule has 0 aromatic carbocycles. The zero-order chi connectivity index (χ0) is 13.4. The van der Waals surface area contributed by atoms with E-state index in [-0.39, 0.29) is 6.54 Å². The fourth-order valence-electron chi connectivity index (χ4n) is 1.47. The Balaban J connectivity index is 2.59. The lowest BCUT2D eigenvalue weighted by Gasteiger charge is -2.22. The summed E-state index contributed by atoms with van der Waals surface area (Å²) >= 11 is 0. The van der Waals surface area contributed by atoms with Gasteiger partial charge in [0.05, 0.1) is 17.9 Å². The van der Waals surface area contributed by atoms with Gasteiger partial charge in [0, 0.05) is 12.6 Å². The van der Waals surface area contributed by atoms with Crippen LogP contribution in [0.3, 0.4) is 0 Å². The summed E-state index contributed by atoms with van der Waals surface area (Å²) in [5, 5.41) is 0.996. The van der Waals surface area contributed by atoms with Gasteiger partial charge >= 0.3 is 12.1 Å². The monoisotopic (exact) mass is 254 g/mol. The maximum atomic E-state index is 12.5. The summed E-state index contributed by atoms with van der Waals surface area (Å²) in [7, 11) is 0. The van der Waals surface area contributed by atoms with Gasteiger partial charge in [-0.15, -0.1) is 5.06 Å². The van der Waals surface area contributed by atoms with Crippen LogP contribution in [0, 0.1) is 11.3 Å². The third-order valence-electron chi connectivity index (χ3n) is 2.58. The minimum absolute atomic E-state index is 0.0913. The molecule has 2 atom stereocenters. The van der Waals surface area contributed by atoms with Crippen LogP contribution in [0.15, 0.2) is 0 Å². The predicted molar refractivity (Wildman–Crippen MR) is 54.6 cm³/mol. The summed E-state index contributed by atoms with van der Waals surface area (Å²) in [6.45, 7) is 4.41. The SMILES string of the molecule is CC(C)(C)C(=O)ON1CC(N)C(C(F)(F)F)C1. The van der Waals surface area contributed by atoms with Crippen LogP contribution in [0.1, 0.15) is 20.8 Å². The molecule has 0 amide bonds. The minimum Gasteiger partial charge on any atom is -0.367 e. The second kappa shape index (κ2) is 4.45. The van der Waals surface area contributed by atoms with E-state index in [4.69, 9.17) is 10.6 Å². The van der Waals surface area contributed by atoms with Crippen molar-refractivity contribution < 1.29 is 22.8 Å². The summed E-state index contributed by atoms with van der Waals surface area (Å²) in [5.41, 5.74) is 4.64. The molecule has 4 nitrogen and oxygen atoms in total. The predicted octanol–water partition coefficient (Wildman–Crippen LogP) is 1.31. The topological polar surface area (TPSA) is 55.6 Å². The maximum Gasteiger partial charge on any atom is 0.394 e. The fraction of sp³-hybridized carbons (Fsp3) is 0.900. The molecule has 1 fully saturated rings. The van der Waals surface area contributed by atoms with Crippen molar-refractivity contribution >= 4 is 5.97 Å². The molecule has 1 rings (SSSR count). The summed E-state index contributed by atoms with van der Waals surface area (Å²) < 4.78 is 37.5. The second-order valence-electron chi connectivity index (χ2n) is 5.29. The van der Waals surface area contributed by atoms with E-state index in [0.29, 0.717) is 0 Å². The molecule has 7 heteroatoms. The smallest absolute Gasteiger partial charge is 0.367 e. The molecule has 1 heterocycles. The van der Waals surface area contributed by atoms with E-state index >= 15 is 0 Å². The van der Waals surface area contributed by atoms with Crippen molar-refractivity contribution in [3.63, 3.8) is 0 Å². The molecule has 1 aliphatic rings. The molecule has 0 aromatic rings. The molecule has 0 radical (unpaired) electrons. The van der Waals surface area contributed by atoms with Gasteiger partial charge in [0.25, 0.3) is 0 Å². The van der Waals surface area contributed by atoms with Gasteiger partial charge in [0.15, 0.2) is 0 Å². The van der Waals surface area contributed by atoms with Crippen LogP contribution in [0.5, 0.6) is 0 Å². The zero-order valence-electron chi connectivity index (χ0n) is 10.0. The Morgan fingerprint density at radius 1 is 1.29 bits per heavy atom. The van der Waals surface area contributed by atoms with Crippen LogP contribution in [0.2, 0.25) is 0 Å². The van der Waals surface area contributed by atoms with Crippen molar-refractivity contribution in [1.29, 1.82) is 0 Å². The molecule has 100 valence electrons. The highest BCUT2D eigenvalue weighted by atomic mass is 19.4. The van der Waals surface area contributed by atoms with Gasteiger partial charge in [-0.05, 0) is 20.8 Å². The molecule has 17 heavy (non-hydrogen) atoms. The normalized spacial score (nSPS) is 27.2. The molecule has 0 aromatic heterocycles. The summed E-state index contributed by atoms with van der Waals surface area (Å²) in [5.74, 6) is -2.21. The molecule has 2 unspecified atom stereocenters. The highest BCUT2D eigenvalue weighted by Gasteiger charge is 2.49. The van der Waals surface area contributed by atoms with Crippen LogP contribution in [0.25, 0.3) is 0 Å². The Morgan fingerprint density at radius 2 is 1.82 bits per heavy atom. The third kappa shape index (κ3) is 3.57. The average molecular weight is 254 g/mol. The van der Waals surface area contributed by atoms with Crippen LogP contribution < -0.4 is 5.73 Å². The van der Waals surface area contributed by atoms with Gasteiger partial charge in [-0.25, -0.2) is 4.79 Å². The van der Waals surface area contributed by atoms with Gasteiger partial charge < -0.3 is 10.6 Å². The number of carbonyl (C=O) groups excluding carboxylic acids is 1. The largest absolute Gasteiger partial charge is 0.394 e. The summed E-state index contributed by atoms with van der Waals surface area (Å²) in [6.07, 6.45) is -4.36. The van der Waals surface area contributed by atoms with Crippen molar-refractivity contribution in [2.75, 3.05) is 13.1 Å². The summed E-state index contributed by atoms with van der Waals surface area (Å²) in [4.78, 5) is 16.4. The lowest BCUT2D eigenvalue weighted by molar-refractivity contribution is -0.206. The lowest BCUT2D eigenvalue weighted by Crippen LogP contribution is -2.38. The van der Waals surface area contributed by atoms with Gasteiger partial charge in [0.2, 0.25) is 0 Å². The summed E-state index contributed by atoms with van der Waals surface area (Å²) in [6, 6.07) is -1.05. The maximum absolute atomic E-state index is 12.5. The Labute approximate surface area is 97.8 Å². The second-order valence-corrected chi connectivity index (χ2v) is 5.29. The third-order valence-corrected chi connectivity index (χ3v) is 2.58. The van der Waals surface area contributed by atoms with Crippen LogP contribution >= 0.6 is 0 Å². The van der Waals surface area contributed by atoms with E-state index in [1.165, 1.54) is 0 Å². The van der Waals surface area contributed by atoms with Crippen LogP contribution in [-0.2, 0) is 9.63 Å². The van der Waals surface area contributed by atoms with Gasteiger partial charge in [-0.2, -0.15) is 13.2 Å². The van der Waals surface area contributed by atoms with E-state index in [9.17, 15) is 18.0 Å². The molecule has 0 spiro atoms. The Kier molecular flexibility index (Phi) is 3.73. The van der Waals surface area contributed by atoms with Gasteiger partial charge in [-0.3, -0.25) is 0 Å². The number of carbonyl (C=O) groups is 1. The number of alkyl halides is 3. The molecule has 0 bridgehead atoms. The number of rotatable bonds is 1. The number of nitrogens with two attached hydrogens (primary N) is 1. The van der Waals surface area contributed by atoms with E-state index in [2.05, 4.69) is 0 Å². The quantitative estimate of drug-likeness (QED) is 0.766. The van der Waals surface area contributed by atoms with Crippen molar-refractivity contribution in [3.8, 4) is 0 Å². The van der Waals surface area contributed by atoms with E-state index < -0.39 is 36.1 Å². The first-order valence-electron chi connectivity index (χ1n) is 5.31. The van der Waals surface area contributed by atoms with Gasteiger partial charge in [-0.1, -0.05) is 0 Å². The number of hydroxylamine groups is 2. The van der Waals surface area contributed by atoms with Crippen molar-refractivity contribution in [3.05, 3.63) is 0 Å². The zero-order valence-corrected chi connectivity index (χ0v) is 10.0. The molecular weight excluding hydrogens is 237 g/mol. The lowest BCUT2D eigenvalue weighted by atomic mass is 9.98. The first kappa shape index (κ1) is 14.2. The molecular formula is C10H17F3N2O2. The van der Waals surface area contributed by atoms with Gasteiger partial charge in [0.1, 0.15) is 0 Å². The average Bonchev–Trinajstić information content (AvgIpc) is 2.44. The molecule has 1 saturated heterocycles. The van der Waals surface area contributed by atoms with Crippen LogP contribution in [-0.4, -0.2) is 36.3 Å². The number of nitrogens with zero attached hydrogens (tertiary/aromatic N) is 1. The molecule has 2 N–H and O–H groups in total. The standard InChI is InChI=1S/C10H17F3N2O2/c1-9(2,3)8(16)17-15-4-6(7(14)5-15)10(11,12)13/h6-7H,4-5,14H2,1-3H3. The Morgan fingerprint density at radius 3 is 2.18 bits per heavy atom.